The Balaban J connectivity index is 0.00000338. The van der Waals surface area contributed by atoms with Gasteiger partial charge in [-0.05, 0) is 42.7 Å². The van der Waals surface area contributed by atoms with E-state index in [4.69, 9.17) is 4.74 Å². The first-order chi connectivity index (χ1) is 12.0. The van der Waals surface area contributed by atoms with Gasteiger partial charge in [0.25, 0.3) is 0 Å². The van der Waals surface area contributed by atoms with Crippen molar-refractivity contribution in [3.8, 4) is 0 Å². The summed E-state index contributed by atoms with van der Waals surface area (Å²) in [6, 6.07) is 11.4. The number of aryl methyl sites for hydroxylation is 2. The molecule has 2 aromatic rings. The molecule has 0 amide bonds. The van der Waals surface area contributed by atoms with Crippen LogP contribution in [0.2, 0.25) is 0 Å². The van der Waals surface area contributed by atoms with Crippen LogP contribution < -0.4 is 10.6 Å². The zero-order chi connectivity index (χ0) is 18.2. The number of halogens is 2. The average molecular weight is 471 g/mol. The molecular weight excluding hydrogens is 444 g/mol. The topological polar surface area (TPSA) is 45.7 Å². The standard InChI is InChI=1S/C20H26FN3O.HI/c1-14-5-7-17(15(2)9-14)12-24-20(22-3)23-11-16-6-8-19(21)18(10-16)13-25-4;/h5-10H,11-13H2,1-4H3,(H2,22,23,24);1H. The van der Waals surface area contributed by atoms with E-state index < -0.39 is 0 Å². The molecule has 0 saturated carbocycles. The van der Waals surface area contributed by atoms with Crippen LogP contribution in [0, 0.1) is 19.7 Å². The maximum Gasteiger partial charge on any atom is 0.191 e. The van der Waals surface area contributed by atoms with Crippen LogP contribution in [-0.2, 0) is 24.4 Å². The van der Waals surface area contributed by atoms with Crippen LogP contribution in [0.5, 0.6) is 0 Å². The molecule has 2 rings (SSSR count). The van der Waals surface area contributed by atoms with E-state index in [1.54, 1.807) is 20.2 Å². The Kier molecular flexibility index (Phi) is 9.58. The van der Waals surface area contributed by atoms with Crippen LogP contribution in [0.25, 0.3) is 0 Å². The van der Waals surface area contributed by atoms with Crippen molar-refractivity contribution in [1.82, 2.24) is 10.6 Å². The minimum Gasteiger partial charge on any atom is -0.380 e. The molecule has 2 aromatic carbocycles. The molecule has 0 aromatic heterocycles. The summed E-state index contributed by atoms with van der Waals surface area (Å²) in [6.07, 6.45) is 0. The SMILES string of the molecule is CN=C(NCc1ccc(F)c(COC)c1)NCc1ccc(C)cc1C.I. The van der Waals surface area contributed by atoms with Gasteiger partial charge in [-0.1, -0.05) is 29.8 Å². The Morgan fingerprint density at radius 1 is 1.04 bits per heavy atom. The highest BCUT2D eigenvalue weighted by Crippen LogP contribution is 2.12. The summed E-state index contributed by atoms with van der Waals surface area (Å²) < 4.78 is 18.7. The van der Waals surface area contributed by atoms with Gasteiger partial charge < -0.3 is 15.4 Å². The smallest absolute Gasteiger partial charge is 0.191 e. The maximum atomic E-state index is 13.7. The third kappa shape index (κ3) is 6.57. The van der Waals surface area contributed by atoms with Crippen LogP contribution >= 0.6 is 24.0 Å². The van der Waals surface area contributed by atoms with Crippen molar-refractivity contribution in [2.45, 2.75) is 33.5 Å². The molecule has 0 saturated heterocycles. The Morgan fingerprint density at radius 3 is 2.42 bits per heavy atom. The number of hydrogen-bond donors (Lipinski definition) is 2. The molecule has 6 heteroatoms. The minimum atomic E-state index is -0.247. The van der Waals surface area contributed by atoms with Crippen molar-refractivity contribution in [2.24, 2.45) is 4.99 Å². The van der Waals surface area contributed by atoms with E-state index in [2.05, 4.69) is 47.7 Å². The predicted molar refractivity (Wildman–Crippen MR) is 115 cm³/mol. The first-order valence-electron chi connectivity index (χ1n) is 8.30. The molecule has 0 radical (unpaired) electrons. The number of hydrogen-bond acceptors (Lipinski definition) is 2. The fourth-order valence-electron chi connectivity index (χ4n) is 2.63. The van der Waals surface area contributed by atoms with Crippen molar-refractivity contribution in [2.75, 3.05) is 14.2 Å². The number of nitrogens with one attached hydrogen (secondary N) is 2. The van der Waals surface area contributed by atoms with Gasteiger partial charge in [0.1, 0.15) is 5.82 Å². The van der Waals surface area contributed by atoms with Crippen molar-refractivity contribution >= 4 is 29.9 Å². The van der Waals surface area contributed by atoms with E-state index in [-0.39, 0.29) is 36.4 Å². The normalized spacial score (nSPS) is 11.0. The van der Waals surface area contributed by atoms with Gasteiger partial charge in [0, 0.05) is 32.8 Å². The average Bonchev–Trinajstić information content (AvgIpc) is 2.59. The van der Waals surface area contributed by atoms with Crippen LogP contribution in [0.4, 0.5) is 4.39 Å². The number of methoxy groups -OCH3 is 1. The van der Waals surface area contributed by atoms with E-state index in [9.17, 15) is 4.39 Å². The van der Waals surface area contributed by atoms with Gasteiger partial charge in [-0.15, -0.1) is 24.0 Å². The van der Waals surface area contributed by atoms with E-state index >= 15 is 0 Å². The third-order valence-corrected chi connectivity index (χ3v) is 4.04. The van der Waals surface area contributed by atoms with Crippen molar-refractivity contribution in [3.05, 3.63) is 70.0 Å². The number of guanidine groups is 1. The predicted octanol–water partition coefficient (Wildman–Crippen LogP) is 4.07. The lowest BCUT2D eigenvalue weighted by Crippen LogP contribution is -2.36. The van der Waals surface area contributed by atoms with Crippen LogP contribution in [0.1, 0.15) is 27.8 Å². The monoisotopic (exact) mass is 471 g/mol. The zero-order valence-electron chi connectivity index (χ0n) is 15.7. The summed E-state index contributed by atoms with van der Waals surface area (Å²) in [6.45, 7) is 5.72. The highest BCUT2D eigenvalue weighted by atomic mass is 127. The zero-order valence-corrected chi connectivity index (χ0v) is 18.1. The summed E-state index contributed by atoms with van der Waals surface area (Å²) >= 11 is 0. The largest absolute Gasteiger partial charge is 0.380 e. The van der Waals surface area contributed by atoms with Crippen molar-refractivity contribution in [3.63, 3.8) is 0 Å². The second kappa shape index (κ2) is 11.1. The minimum absolute atomic E-state index is 0. The fourth-order valence-corrected chi connectivity index (χ4v) is 2.63. The van der Waals surface area contributed by atoms with Gasteiger partial charge in [-0.25, -0.2) is 4.39 Å². The summed E-state index contributed by atoms with van der Waals surface area (Å²) in [5.41, 5.74) is 5.28. The second-order valence-corrected chi connectivity index (χ2v) is 6.07. The molecule has 0 aliphatic rings. The number of ether oxygens (including phenoxy) is 1. The lowest BCUT2D eigenvalue weighted by molar-refractivity contribution is 0.181. The first-order valence-corrected chi connectivity index (χ1v) is 8.30. The van der Waals surface area contributed by atoms with E-state index in [1.807, 2.05) is 6.07 Å². The highest BCUT2D eigenvalue weighted by Gasteiger charge is 2.05. The molecule has 0 aliphatic carbocycles. The lowest BCUT2D eigenvalue weighted by Gasteiger charge is -2.14. The molecule has 0 unspecified atom stereocenters. The number of aliphatic imine (C=N–C) groups is 1. The fraction of sp³-hybridized carbons (Fsp3) is 0.350. The summed E-state index contributed by atoms with van der Waals surface area (Å²) in [5.74, 6) is 0.459. The quantitative estimate of drug-likeness (QED) is 0.380. The van der Waals surface area contributed by atoms with Crippen LogP contribution in [0.3, 0.4) is 0 Å². The molecule has 0 bridgehead atoms. The number of rotatable bonds is 6. The highest BCUT2D eigenvalue weighted by molar-refractivity contribution is 14.0. The molecule has 26 heavy (non-hydrogen) atoms. The Bertz CT molecular complexity index is 750. The van der Waals surface area contributed by atoms with E-state index in [0.29, 0.717) is 24.6 Å². The Morgan fingerprint density at radius 2 is 1.77 bits per heavy atom. The van der Waals surface area contributed by atoms with Crippen molar-refractivity contribution in [1.29, 1.82) is 0 Å². The maximum absolute atomic E-state index is 13.7. The van der Waals surface area contributed by atoms with Crippen LogP contribution in [-0.4, -0.2) is 20.1 Å². The molecular formula is C20H27FIN3O. The van der Waals surface area contributed by atoms with Gasteiger partial charge in [0.05, 0.1) is 6.61 Å². The molecule has 142 valence electrons. The Labute approximate surface area is 172 Å². The molecule has 2 N–H and O–H groups in total. The van der Waals surface area contributed by atoms with Crippen LogP contribution in [0.15, 0.2) is 41.4 Å². The van der Waals surface area contributed by atoms with Gasteiger partial charge in [-0.2, -0.15) is 0 Å². The molecule has 0 aliphatic heterocycles. The van der Waals surface area contributed by atoms with Gasteiger partial charge >= 0.3 is 0 Å². The van der Waals surface area contributed by atoms with Gasteiger partial charge in [-0.3, -0.25) is 4.99 Å². The number of benzene rings is 2. The Hall–Kier alpha value is -1.67. The van der Waals surface area contributed by atoms with Gasteiger partial charge in [0.15, 0.2) is 5.96 Å². The number of nitrogens with zero attached hydrogens (tertiary/aromatic N) is 1. The van der Waals surface area contributed by atoms with E-state index in [0.717, 1.165) is 5.56 Å². The first kappa shape index (κ1) is 22.4. The summed E-state index contributed by atoms with van der Waals surface area (Å²) in [4.78, 5) is 4.24. The lowest BCUT2D eigenvalue weighted by atomic mass is 10.1. The molecule has 0 atom stereocenters. The van der Waals surface area contributed by atoms with Gasteiger partial charge in [0.2, 0.25) is 0 Å². The second-order valence-electron chi connectivity index (χ2n) is 6.07. The summed E-state index contributed by atoms with van der Waals surface area (Å²) in [7, 11) is 3.29. The van der Waals surface area contributed by atoms with E-state index in [1.165, 1.54) is 22.8 Å². The summed E-state index contributed by atoms with van der Waals surface area (Å²) in [5, 5.41) is 6.56. The molecule has 4 nitrogen and oxygen atoms in total. The molecule has 0 heterocycles. The molecule has 0 fully saturated rings. The van der Waals surface area contributed by atoms with Crippen molar-refractivity contribution < 1.29 is 9.13 Å². The third-order valence-electron chi connectivity index (χ3n) is 4.04. The molecule has 0 spiro atoms.